The molecule has 0 aliphatic carbocycles. The van der Waals surface area contributed by atoms with Gasteiger partial charge in [0.2, 0.25) is 0 Å². The van der Waals surface area contributed by atoms with Crippen molar-refractivity contribution in [2.24, 2.45) is 5.10 Å². The van der Waals surface area contributed by atoms with Crippen LogP contribution in [0, 0.1) is 0 Å². The molecule has 0 unspecified atom stereocenters. The maximum atomic E-state index is 12.1. The Kier molecular flexibility index (Phi) is 8.25. The van der Waals surface area contributed by atoms with Crippen LogP contribution in [0.2, 0.25) is 10.0 Å². The molecule has 2 N–H and O–H groups in total. The summed E-state index contributed by atoms with van der Waals surface area (Å²) >= 11 is 12.1. The van der Waals surface area contributed by atoms with E-state index in [9.17, 15) is 9.59 Å². The minimum Gasteiger partial charge on any atom is -0.489 e. The molecule has 3 rings (SSSR count). The second kappa shape index (κ2) is 11.3. The van der Waals surface area contributed by atoms with Gasteiger partial charge in [0.1, 0.15) is 12.4 Å². The van der Waals surface area contributed by atoms with E-state index in [4.69, 9.17) is 27.9 Å². The molecule has 0 spiro atoms. The Balaban J connectivity index is 1.54. The van der Waals surface area contributed by atoms with E-state index in [0.717, 1.165) is 17.5 Å². The first-order valence-electron chi connectivity index (χ1n) is 9.85. The van der Waals surface area contributed by atoms with Crippen LogP contribution in [0.15, 0.2) is 71.8 Å². The molecule has 6 nitrogen and oxygen atoms in total. The number of hydrazone groups is 1. The number of aryl methyl sites for hydroxylation is 1. The Morgan fingerprint density at radius 2 is 1.78 bits per heavy atom. The molecule has 8 heteroatoms. The van der Waals surface area contributed by atoms with Crippen molar-refractivity contribution in [3.8, 4) is 5.75 Å². The molecular formula is C24H21Cl2N3O3. The average molecular weight is 470 g/mol. The average Bonchev–Trinajstić information content (AvgIpc) is 2.79. The number of para-hydroxylation sites is 1. The molecule has 0 bridgehead atoms. The Hall–Kier alpha value is -3.35. The Morgan fingerprint density at radius 3 is 2.56 bits per heavy atom. The molecular weight excluding hydrogens is 449 g/mol. The van der Waals surface area contributed by atoms with Crippen LogP contribution >= 0.6 is 23.2 Å². The first-order valence-corrected chi connectivity index (χ1v) is 10.6. The van der Waals surface area contributed by atoms with Crippen LogP contribution < -0.4 is 15.5 Å². The Bertz CT molecular complexity index is 1150. The largest absolute Gasteiger partial charge is 0.489 e. The minimum atomic E-state index is -0.864. The third-order valence-electron chi connectivity index (χ3n) is 4.50. The molecule has 0 heterocycles. The highest BCUT2D eigenvalue weighted by Gasteiger charge is 2.14. The number of carbonyl (C=O) groups is 2. The molecule has 32 heavy (non-hydrogen) atoms. The Morgan fingerprint density at radius 1 is 0.969 bits per heavy atom. The molecule has 164 valence electrons. The van der Waals surface area contributed by atoms with E-state index in [1.165, 1.54) is 6.21 Å². The number of ether oxygens (including phenoxy) is 1. The van der Waals surface area contributed by atoms with Crippen molar-refractivity contribution in [2.45, 2.75) is 20.0 Å². The summed E-state index contributed by atoms with van der Waals surface area (Å²) in [5, 5.41) is 7.53. The summed E-state index contributed by atoms with van der Waals surface area (Å²) < 4.78 is 5.77. The van der Waals surface area contributed by atoms with Crippen molar-refractivity contribution in [2.75, 3.05) is 5.32 Å². The topological polar surface area (TPSA) is 79.8 Å². The highest BCUT2D eigenvalue weighted by Crippen LogP contribution is 2.23. The van der Waals surface area contributed by atoms with Gasteiger partial charge in [0, 0.05) is 21.3 Å². The van der Waals surface area contributed by atoms with Crippen LogP contribution in [0.3, 0.4) is 0 Å². The lowest BCUT2D eigenvalue weighted by molar-refractivity contribution is -0.136. The van der Waals surface area contributed by atoms with Crippen LogP contribution in [-0.2, 0) is 22.6 Å². The highest BCUT2D eigenvalue weighted by atomic mass is 35.5. The van der Waals surface area contributed by atoms with Gasteiger partial charge in [-0.1, -0.05) is 66.5 Å². The lowest BCUT2D eigenvalue weighted by Gasteiger charge is -2.09. The normalized spacial score (nSPS) is 10.7. The van der Waals surface area contributed by atoms with E-state index in [0.29, 0.717) is 27.0 Å². The minimum absolute atomic E-state index is 0.271. The predicted molar refractivity (Wildman–Crippen MR) is 127 cm³/mol. The van der Waals surface area contributed by atoms with Crippen molar-refractivity contribution in [1.82, 2.24) is 5.43 Å². The number of rotatable bonds is 7. The van der Waals surface area contributed by atoms with Crippen molar-refractivity contribution < 1.29 is 14.3 Å². The molecule has 0 radical (unpaired) electrons. The van der Waals surface area contributed by atoms with Gasteiger partial charge < -0.3 is 10.1 Å². The highest BCUT2D eigenvalue weighted by molar-refractivity contribution is 6.39. The van der Waals surface area contributed by atoms with E-state index in [1.54, 1.807) is 54.6 Å². The fraction of sp³-hybridized carbons (Fsp3) is 0.125. The molecule has 0 saturated heterocycles. The summed E-state index contributed by atoms with van der Waals surface area (Å²) in [4.78, 5) is 24.1. The Labute approximate surface area is 196 Å². The van der Waals surface area contributed by atoms with Gasteiger partial charge in [0.05, 0.1) is 6.21 Å². The zero-order chi connectivity index (χ0) is 22.9. The number of carbonyl (C=O) groups excluding carboxylic acids is 2. The SMILES string of the molecule is CCc1ccccc1NC(=O)C(=O)N/N=C\c1cccc(OCc2ccc(Cl)cc2Cl)c1. The summed E-state index contributed by atoms with van der Waals surface area (Å²) in [6.07, 6.45) is 2.16. The van der Waals surface area contributed by atoms with Crippen molar-refractivity contribution in [1.29, 1.82) is 0 Å². The van der Waals surface area contributed by atoms with Gasteiger partial charge in [-0.3, -0.25) is 9.59 Å². The number of hydrogen-bond acceptors (Lipinski definition) is 4. The van der Waals surface area contributed by atoms with Gasteiger partial charge >= 0.3 is 11.8 Å². The number of halogens is 2. The van der Waals surface area contributed by atoms with Crippen LogP contribution in [-0.4, -0.2) is 18.0 Å². The summed E-state index contributed by atoms with van der Waals surface area (Å²) in [5.41, 5.74) is 5.25. The van der Waals surface area contributed by atoms with E-state index < -0.39 is 11.8 Å². The lowest BCUT2D eigenvalue weighted by Crippen LogP contribution is -2.32. The second-order valence-electron chi connectivity index (χ2n) is 6.76. The standard InChI is InChI=1S/C24H21Cl2N3O3/c1-2-17-7-3-4-9-22(17)28-23(30)24(31)29-27-14-16-6-5-8-20(12-16)32-15-18-10-11-19(25)13-21(18)26/h3-14H,2,15H2,1H3,(H,28,30)(H,29,31)/b27-14-. The van der Waals surface area contributed by atoms with Gasteiger partial charge in [0.15, 0.2) is 0 Å². The van der Waals surface area contributed by atoms with Crippen LogP contribution in [0.25, 0.3) is 0 Å². The quantitative estimate of drug-likeness (QED) is 0.282. The van der Waals surface area contributed by atoms with E-state index in [2.05, 4.69) is 15.8 Å². The number of nitrogens with one attached hydrogen (secondary N) is 2. The van der Waals surface area contributed by atoms with Gasteiger partial charge in [-0.05, 0) is 47.9 Å². The summed E-state index contributed by atoms with van der Waals surface area (Å²) in [7, 11) is 0. The first-order chi connectivity index (χ1) is 15.5. The number of anilines is 1. The number of benzene rings is 3. The maximum Gasteiger partial charge on any atom is 0.329 e. The molecule has 0 fully saturated rings. The first kappa shape index (κ1) is 23.3. The second-order valence-corrected chi connectivity index (χ2v) is 7.60. The van der Waals surface area contributed by atoms with Gasteiger partial charge in [0.25, 0.3) is 0 Å². The van der Waals surface area contributed by atoms with Crippen LogP contribution in [0.5, 0.6) is 5.75 Å². The predicted octanol–water partition coefficient (Wildman–Crippen LogP) is 5.22. The summed E-state index contributed by atoms with van der Waals surface area (Å²) in [5.74, 6) is -1.06. The molecule has 0 aliphatic heterocycles. The maximum absolute atomic E-state index is 12.1. The summed E-state index contributed by atoms with van der Waals surface area (Å²) in [6.45, 7) is 2.24. The third-order valence-corrected chi connectivity index (χ3v) is 5.09. The fourth-order valence-electron chi connectivity index (χ4n) is 2.83. The number of amides is 2. The molecule has 3 aromatic carbocycles. The van der Waals surface area contributed by atoms with E-state index in [-0.39, 0.29) is 6.61 Å². The zero-order valence-electron chi connectivity index (χ0n) is 17.3. The lowest BCUT2D eigenvalue weighted by atomic mass is 10.1. The molecule has 3 aromatic rings. The zero-order valence-corrected chi connectivity index (χ0v) is 18.8. The molecule has 0 saturated carbocycles. The number of nitrogens with zero attached hydrogens (tertiary/aromatic N) is 1. The third kappa shape index (κ3) is 6.57. The van der Waals surface area contributed by atoms with E-state index >= 15 is 0 Å². The molecule has 0 aliphatic rings. The van der Waals surface area contributed by atoms with Crippen molar-refractivity contribution in [3.05, 3.63) is 93.5 Å². The molecule has 0 atom stereocenters. The van der Waals surface area contributed by atoms with Crippen LogP contribution in [0.4, 0.5) is 5.69 Å². The van der Waals surface area contributed by atoms with Crippen molar-refractivity contribution in [3.63, 3.8) is 0 Å². The van der Waals surface area contributed by atoms with Gasteiger partial charge in [-0.2, -0.15) is 5.10 Å². The van der Waals surface area contributed by atoms with Crippen molar-refractivity contribution >= 4 is 46.9 Å². The van der Waals surface area contributed by atoms with Gasteiger partial charge in [-0.25, -0.2) is 5.43 Å². The van der Waals surface area contributed by atoms with E-state index in [1.807, 2.05) is 19.1 Å². The summed E-state index contributed by atoms with van der Waals surface area (Å²) in [6, 6.07) is 19.6. The fourth-order valence-corrected chi connectivity index (χ4v) is 3.29. The molecule has 0 aromatic heterocycles. The smallest absolute Gasteiger partial charge is 0.329 e. The monoisotopic (exact) mass is 469 g/mol. The van der Waals surface area contributed by atoms with Crippen LogP contribution in [0.1, 0.15) is 23.6 Å². The van der Waals surface area contributed by atoms with Gasteiger partial charge in [-0.15, -0.1) is 0 Å². The number of hydrogen-bond donors (Lipinski definition) is 2. The molecule has 2 amide bonds.